The molecule has 1 atom stereocenters. The van der Waals surface area contributed by atoms with E-state index in [9.17, 15) is 0 Å². The van der Waals surface area contributed by atoms with Crippen molar-refractivity contribution >= 4 is 17.3 Å². The van der Waals surface area contributed by atoms with E-state index in [1.54, 1.807) is 6.07 Å². The van der Waals surface area contributed by atoms with Crippen molar-refractivity contribution in [3.63, 3.8) is 0 Å². The van der Waals surface area contributed by atoms with Crippen LogP contribution in [0, 0.1) is 5.92 Å². The average Bonchev–Trinajstić information content (AvgIpc) is 3.14. The minimum atomic E-state index is 0.351. The zero-order valence-corrected chi connectivity index (χ0v) is 12.2. The van der Waals surface area contributed by atoms with Crippen LogP contribution in [0.3, 0.4) is 0 Å². The number of halogens is 1. The molecule has 1 unspecified atom stereocenters. The van der Waals surface area contributed by atoms with Crippen LogP contribution in [0.2, 0.25) is 5.02 Å². The maximum atomic E-state index is 6.09. The maximum absolute atomic E-state index is 6.09. The molecule has 2 aromatic rings. The molecule has 3 rings (SSSR count). The number of nitrogens with two attached hydrogens (primary N) is 1. The third kappa shape index (κ3) is 2.63. The van der Waals surface area contributed by atoms with E-state index in [-0.39, 0.29) is 0 Å². The number of nitrogens with zero attached hydrogens (tertiary/aromatic N) is 4. The highest BCUT2D eigenvalue weighted by Crippen LogP contribution is 2.38. The Morgan fingerprint density at radius 1 is 1.45 bits per heavy atom. The second-order valence-electron chi connectivity index (χ2n) is 5.42. The lowest BCUT2D eigenvalue weighted by Gasteiger charge is -2.16. The Morgan fingerprint density at radius 3 is 2.90 bits per heavy atom. The summed E-state index contributed by atoms with van der Waals surface area (Å²) in [6.45, 7) is 2.18. The van der Waals surface area contributed by atoms with Gasteiger partial charge in [0.1, 0.15) is 0 Å². The molecule has 0 bridgehead atoms. The lowest BCUT2D eigenvalue weighted by atomic mass is 10.1. The predicted octanol–water partition coefficient (Wildman–Crippen LogP) is 3.33. The minimum Gasteiger partial charge on any atom is -0.398 e. The van der Waals surface area contributed by atoms with E-state index < -0.39 is 0 Å². The van der Waals surface area contributed by atoms with E-state index in [0.717, 1.165) is 30.1 Å². The number of nitrogen functional groups attached to an aromatic ring is 1. The molecule has 0 amide bonds. The van der Waals surface area contributed by atoms with Gasteiger partial charge >= 0.3 is 0 Å². The van der Waals surface area contributed by atoms with E-state index in [4.69, 9.17) is 17.3 Å². The normalized spacial score (nSPS) is 16.3. The second-order valence-corrected chi connectivity index (χ2v) is 5.83. The Bertz CT molecular complexity index is 605. The van der Waals surface area contributed by atoms with Crippen LogP contribution in [0.15, 0.2) is 18.2 Å². The smallest absolute Gasteiger partial charge is 0.182 e. The summed E-state index contributed by atoms with van der Waals surface area (Å²) in [5.74, 6) is 1.60. The van der Waals surface area contributed by atoms with Crippen molar-refractivity contribution in [1.29, 1.82) is 0 Å². The topological polar surface area (TPSA) is 69.6 Å². The van der Waals surface area contributed by atoms with Crippen LogP contribution in [-0.2, 0) is 0 Å². The zero-order chi connectivity index (χ0) is 14.1. The van der Waals surface area contributed by atoms with Crippen molar-refractivity contribution < 1.29 is 0 Å². The van der Waals surface area contributed by atoms with Gasteiger partial charge in [-0.15, -0.1) is 5.10 Å². The summed E-state index contributed by atoms with van der Waals surface area (Å²) < 4.78 is 1.93. The quantitative estimate of drug-likeness (QED) is 0.858. The Balaban J connectivity index is 1.93. The van der Waals surface area contributed by atoms with E-state index in [0.29, 0.717) is 16.8 Å². The highest BCUT2D eigenvalue weighted by atomic mass is 35.5. The molecule has 0 aliphatic heterocycles. The van der Waals surface area contributed by atoms with Crippen molar-refractivity contribution in [3.05, 3.63) is 23.2 Å². The summed E-state index contributed by atoms with van der Waals surface area (Å²) in [4.78, 5) is 0. The van der Waals surface area contributed by atoms with Crippen LogP contribution in [0.25, 0.3) is 11.4 Å². The third-order valence-corrected chi connectivity index (χ3v) is 4.20. The molecule has 1 aliphatic rings. The lowest BCUT2D eigenvalue weighted by molar-refractivity contribution is 0.388. The molecule has 20 heavy (non-hydrogen) atoms. The number of rotatable bonds is 5. The van der Waals surface area contributed by atoms with Gasteiger partial charge in [-0.3, -0.25) is 0 Å². The fraction of sp³-hybridized carbons (Fsp3) is 0.500. The summed E-state index contributed by atoms with van der Waals surface area (Å²) in [5, 5.41) is 12.7. The number of hydrogen-bond donors (Lipinski definition) is 1. The molecule has 1 fully saturated rings. The van der Waals surface area contributed by atoms with Crippen molar-refractivity contribution in [1.82, 2.24) is 20.2 Å². The van der Waals surface area contributed by atoms with Gasteiger partial charge in [0.25, 0.3) is 0 Å². The van der Waals surface area contributed by atoms with E-state index >= 15 is 0 Å². The summed E-state index contributed by atoms with van der Waals surface area (Å²) in [7, 11) is 0. The first kappa shape index (κ1) is 13.4. The number of aromatic nitrogens is 4. The fourth-order valence-corrected chi connectivity index (χ4v) is 2.65. The van der Waals surface area contributed by atoms with Gasteiger partial charge in [0.05, 0.1) is 16.8 Å². The van der Waals surface area contributed by atoms with Crippen LogP contribution in [0.5, 0.6) is 0 Å². The molecule has 106 valence electrons. The van der Waals surface area contributed by atoms with Crippen LogP contribution in [-0.4, -0.2) is 20.2 Å². The molecule has 1 saturated carbocycles. The van der Waals surface area contributed by atoms with Gasteiger partial charge in [0.2, 0.25) is 0 Å². The van der Waals surface area contributed by atoms with Gasteiger partial charge in [0.15, 0.2) is 5.82 Å². The molecular formula is C14H18ClN5. The molecule has 1 aliphatic carbocycles. The summed E-state index contributed by atoms with van der Waals surface area (Å²) >= 11 is 6.09. The molecule has 0 saturated heterocycles. The molecule has 1 heterocycles. The molecule has 5 nitrogen and oxygen atoms in total. The zero-order valence-electron chi connectivity index (χ0n) is 11.5. The van der Waals surface area contributed by atoms with Gasteiger partial charge in [-0.2, -0.15) is 0 Å². The number of hydrogen-bond acceptors (Lipinski definition) is 4. The number of tetrazole rings is 1. The van der Waals surface area contributed by atoms with Gasteiger partial charge in [-0.05, 0) is 47.4 Å². The first-order valence-electron chi connectivity index (χ1n) is 7.02. The molecule has 6 heteroatoms. The Hall–Kier alpha value is -1.62. The third-order valence-electron chi connectivity index (χ3n) is 3.87. The SMILES string of the molecule is CCC(CC1CC1)n1nnnc1-c1ccc(N)c(Cl)c1. The van der Waals surface area contributed by atoms with E-state index in [2.05, 4.69) is 22.4 Å². The van der Waals surface area contributed by atoms with Gasteiger partial charge < -0.3 is 5.73 Å². The van der Waals surface area contributed by atoms with Crippen molar-refractivity contribution in [3.8, 4) is 11.4 Å². The van der Waals surface area contributed by atoms with Crippen LogP contribution in [0.1, 0.15) is 38.6 Å². The number of anilines is 1. The monoisotopic (exact) mass is 291 g/mol. The molecule has 0 radical (unpaired) electrons. The molecule has 2 N–H and O–H groups in total. The Kier molecular flexibility index (Phi) is 3.61. The predicted molar refractivity (Wildman–Crippen MR) is 79.3 cm³/mol. The largest absolute Gasteiger partial charge is 0.398 e. The van der Waals surface area contributed by atoms with Crippen molar-refractivity contribution in [2.45, 2.75) is 38.6 Å². The fourth-order valence-electron chi connectivity index (χ4n) is 2.47. The maximum Gasteiger partial charge on any atom is 0.182 e. The highest BCUT2D eigenvalue weighted by molar-refractivity contribution is 6.33. The Labute approximate surface area is 123 Å². The van der Waals surface area contributed by atoms with Crippen molar-refractivity contribution in [2.24, 2.45) is 5.92 Å². The second kappa shape index (κ2) is 5.40. The van der Waals surface area contributed by atoms with Crippen LogP contribution in [0.4, 0.5) is 5.69 Å². The van der Waals surface area contributed by atoms with E-state index in [1.807, 2.05) is 16.8 Å². The summed E-state index contributed by atoms with van der Waals surface area (Å²) in [5.41, 5.74) is 7.22. The first-order chi connectivity index (χ1) is 9.69. The van der Waals surface area contributed by atoms with Crippen LogP contribution >= 0.6 is 11.6 Å². The highest BCUT2D eigenvalue weighted by Gasteiger charge is 2.27. The van der Waals surface area contributed by atoms with E-state index in [1.165, 1.54) is 12.8 Å². The summed E-state index contributed by atoms with van der Waals surface area (Å²) in [6.07, 6.45) is 4.85. The van der Waals surface area contributed by atoms with Gasteiger partial charge in [-0.1, -0.05) is 31.4 Å². The van der Waals surface area contributed by atoms with Crippen LogP contribution < -0.4 is 5.73 Å². The van der Waals surface area contributed by atoms with Gasteiger partial charge in [0, 0.05) is 5.56 Å². The summed E-state index contributed by atoms with van der Waals surface area (Å²) in [6, 6.07) is 5.87. The number of benzene rings is 1. The lowest BCUT2D eigenvalue weighted by Crippen LogP contribution is -2.12. The average molecular weight is 292 g/mol. The standard InChI is InChI=1S/C14H18ClN5/c1-2-11(7-9-3-4-9)20-14(17-18-19-20)10-5-6-13(16)12(15)8-10/h5-6,8-9,11H,2-4,7,16H2,1H3. The molecule has 1 aromatic heterocycles. The molecular weight excluding hydrogens is 274 g/mol. The van der Waals surface area contributed by atoms with Gasteiger partial charge in [-0.25, -0.2) is 4.68 Å². The minimum absolute atomic E-state index is 0.351. The first-order valence-corrected chi connectivity index (χ1v) is 7.40. The van der Waals surface area contributed by atoms with Crippen molar-refractivity contribution in [2.75, 3.05) is 5.73 Å². The molecule has 1 aromatic carbocycles. The Morgan fingerprint density at radius 2 is 2.25 bits per heavy atom. The molecule has 0 spiro atoms.